The van der Waals surface area contributed by atoms with E-state index >= 15 is 0 Å². The van der Waals surface area contributed by atoms with E-state index in [4.69, 9.17) is 16.3 Å². The SMILES string of the molecule is CCOC(C)(C)CNC1CCCc2sc(Cl)cc21. The molecule has 102 valence electrons. The third kappa shape index (κ3) is 3.47. The lowest BCUT2D eigenvalue weighted by Crippen LogP contribution is -2.40. The average Bonchev–Trinajstić information content (AvgIpc) is 2.67. The van der Waals surface area contributed by atoms with Gasteiger partial charge in [-0.1, -0.05) is 11.6 Å². The first-order chi connectivity index (χ1) is 8.52. The summed E-state index contributed by atoms with van der Waals surface area (Å²) in [6, 6.07) is 2.57. The van der Waals surface area contributed by atoms with Crippen molar-refractivity contribution >= 4 is 22.9 Å². The number of aryl methyl sites for hydroxylation is 1. The molecule has 0 amide bonds. The molecule has 4 heteroatoms. The highest BCUT2D eigenvalue weighted by molar-refractivity contribution is 7.16. The van der Waals surface area contributed by atoms with E-state index < -0.39 is 0 Å². The van der Waals surface area contributed by atoms with Crippen LogP contribution in [0, 0.1) is 0 Å². The van der Waals surface area contributed by atoms with Crippen molar-refractivity contribution in [2.75, 3.05) is 13.2 Å². The molecule has 1 N–H and O–H groups in total. The van der Waals surface area contributed by atoms with Crippen LogP contribution in [0.15, 0.2) is 6.07 Å². The van der Waals surface area contributed by atoms with Gasteiger partial charge < -0.3 is 10.1 Å². The van der Waals surface area contributed by atoms with Gasteiger partial charge in [0.25, 0.3) is 0 Å². The van der Waals surface area contributed by atoms with Crippen molar-refractivity contribution in [1.82, 2.24) is 5.32 Å². The summed E-state index contributed by atoms with van der Waals surface area (Å²) >= 11 is 7.85. The Balaban J connectivity index is 1.99. The van der Waals surface area contributed by atoms with Gasteiger partial charge in [-0.3, -0.25) is 0 Å². The summed E-state index contributed by atoms with van der Waals surface area (Å²) in [5, 5.41) is 3.64. The number of ether oxygens (including phenoxy) is 1. The van der Waals surface area contributed by atoms with E-state index in [9.17, 15) is 0 Å². The molecule has 2 rings (SSSR count). The molecule has 0 spiro atoms. The monoisotopic (exact) mass is 287 g/mol. The molecule has 0 saturated carbocycles. The maximum absolute atomic E-state index is 6.12. The zero-order chi connectivity index (χ0) is 13.2. The van der Waals surface area contributed by atoms with Gasteiger partial charge in [0.05, 0.1) is 9.94 Å². The first-order valence-electron chi connectivity index (χ1n) is 6.67. The summed E-state index contributed by atoms with van der Waals surface area (Å²) < 4.78 is 6.64. The molecule has 0 fully saturated rings. The van der Waals surface area contributed by atoms with E-state index in [1.807, 2.05) is 6.92 Å². The van der Waals surface area contributed by atoms with Gasteiger partial charge in [0.15, 0.2) is 0 Å². The molecule has 1 unspecified atom stereocenters. The number of halogens is 1. The summed E-state index contributed by atoms with van der Waals surface area (Å²) in [4.78, 5) is 1.46. The number of rotatable bonds is 5. The number of hydrogen-bond acceptors (Lipinski definition) is 3. The summed E-state index contributed by atoms with van der Waals surface area (Å²) in [6.07, 6.45) is 3.62. The molecular weight excluding hydrogens is 266 g/mol. The summed E-state index contributed by atoms with van der Waals surface area (Å²) in [5.41, 5.74) is 1.30. The van der Waals surface area contributed by atoms with Crippen LogP contribution in [0.3, 0.4) is 0 Å². The van der Waals surface area contributed by atoms with Crippen LogP contribution in [0.4, 0.5) is 0 Å². The molecule has 1 aromatic rings. The molecule has 0 radical (unpaired) electrons. The molecule has 2 nitrogen and oxygen atoms in total. The Labute approximate surface area is 119 Å². The number of hydrogen-bond donors (Lipinski definition) is 1. The van der Waals surface area contributed by atoms with E-state index in [1.165, 1.54) is 29.7 Å². The van der Waals surface area contributed by atoms with Crippen LogP contribution < -0.4 is 5.32 Å². The van der Waals surface area contributed by atoms with Crippen LogP contribution in [-0.4, -0.2) is 18.8 Å². The lowest BCUT2D eigenvalue weighted by atomic mass is 9.93. The molecule has 0 aliphatic heterocycles. The van der Waals surface area contributed by atoms with Crippen molar-refractivity contribution < 1.29 is 4.74 Å². The van der Waals surface area contributed by atoms with Gasteiger partial charge in [-0.15, -0.1) is 11.3 Å². The smallest absolute Gasteiger partial charge is 0.0934 e. The van der Waals surface area contributed by atoms with Gasteiger partial charge >= 0.3 is 0 Å². The number of thiophene rings is 1. The minimum absolute atomic E-state index is 0.105. The molecule has 0 aromatic carbocycles. The Hall–Kier alpha value is -0.0900. The van der Waals surface area contributed by atoms with Crippen molar-refractivity contribution in [3.8, 4) is 0 Å². The minimum Gasteiger partial charge on any atom is -0.375 e. The van der Waals surface area contributed by atoms with Crippen molar-refractivity contribution in [3.05, 3.63) is 20.8 Å². The lowest BCUT2D eigenvalue weighted by Gasteiger charge is -2.30. The standard InChI is InChI=1S/C14H22ClNOS/c1-4-17-14(2,3)9-16-11-6-5-7-12-10(11)8-13(15)18-12/h8,11,16H,4-7,9H2,1-3H3. The van der Waals surface area contributed by atoms with Crippen molar-refractivity contribution in [3.63, 3.8) is 0 Å². The molecule has 0 saturated heterocycles. The summed E-state index contributed by atoms with van der Waals surface area (Å²) in [7, 11) is 0. The van der Waals surface area contributed by atoms with Crippen LogP contribution in [0.5, 0.6) is 0 Å². The van der Waals surface area contributed by atoms with Crippen molar-refractivity contribution in [2.45, 2.75) is 51.7 Å². The molecule has 1 aliphatic carbocycles. The fourth-order valence-corrected chi connectivity index (χ4v) is 3.93. The average molecular weight is 288 g/mol. The lowest BCUT2D eigenvalue weighted by molar-refractivity contribution is -0.0109. The molecule has 1 atom stereocenters. The second-order valence-corrected chi connectivity index (χ2v) is 7.22. The fraction of sp³-hybridized carbons (Fsp3) is 0.714. The van der Waals surface area contributed by atoms with Crippen LogP contribution >= 0.6 is 22.9 Å². The third-order valence-electron chi connectivity index (χ3n) is 3.39. The van der Waals surface area contributed by atoms with Crippen molar-refractivity contribution in [1.29, 1.82) is 0 Å². The van der Waals surface area contributed by atoms with Gasteiger partial charge in [0, 0.05) is 24.1 Å². The Morgan fingerprint density at radius 2 is 2.33 bits per heavy atom. The third-order valence-corrected chi connectivity index (χ3v) is 4.73. The Kier molecular flexibility index (Phi) is 4.70. The predicted molar refractivity (Wildman–Crippen MR) is 78.7 cm³/mol. The minimum atomic E-state index is -0.105. The molecule has 1 aromatic heterocycles. The first kappa shape index (κ1) is 14.3. The second kappa shape index (κ2) is 5.91. The molecule has 1 heterocycles. The zero-order valence-electron chi connectivity index (χ0n) is 11.4. The molecule has 1 aliphatic rings. The van der Waals surface area contributed by atoms with Crippen molar-refractivity contribution in [2.24, 2.45) is 0 Å². The summed E-state index contributed by atoms with van der Waals surface area (Å²) in [6.45, 7) is 7.94. The summed E-state index contributed by atoms with van der Waals surface area (Å²) in [5.74, 6) is 0. The van der Waals surface area contributed by atoms with Crippen LogP contribution in [0.2, 0.25) is 4.34 Å². The van der Waals surface area contributed by atoms with E-state index in [1.54, 1.807) is 11.3 Å². The highest BCUT2D eigenvalue weighted by Gasteiger charge is 2.25. The zero-order valence-corrected chi connectivity index (χ0v) is 13.0. The van der Waals surface area contributed by atoms with Gasteiger partial charge in [-0.2, -0.15) is 0 Å². The highest BCUT2D eigenvalue weighted by atomic mass is 35.5. The largest absolute Gasteiger partial charge is 0.375 e. The Bertz CT molecular complexity index is 402. The predicted octanol–water partition coefficient (Wildman–Crippen LogP) is 4.18. The van der Waals surface area contributed by atoms with Gasteiger partial charge in [-0.05, 0) is 51.7 Å². The van der Waals surface area contributed by atoms with E-state index in [0.29, 0.717) is 6.04 Å². The topological polar surface area (TPSA) is 21.3 Å². The first-order valence-corrected chi connectivity index (χ1v) is 7.87. The van der Waals surface area contributed by atoms with Crippen LogP contribution in [0.25, 0.3) is 0 Å². The normalized spacial score (nSPS) is 19.9. The molecule has 0 bridgehead atoms. The van der Waals surface area contributed by atoms with E-state index in [-0.39, 0.29) is 5.60 Å². The van der Waals surface area contributed by atoms with E-state index in [2.05, 4.69) is 25.2 Å². The van der Waals surface area contributed by atoms with Gasteiger partial charge in [-0.25, -0.2) is 0 Å². The Morgan fingerprint density at radius 1 is 1.56 bits per heavy atom. The number of fused-ring (bicyclic) bond motifs is 1. The van der Waals surface area contributed by atoms with Gasteiger partial charge in [0.1, 0.15) is 0 Å². The van der Waals surface area contributed by atoms with Gasteiger partial charge in [0.2, 0.25) is 0 Å². The fourth-order valence-electron chi connectivity index (χ4n) is 2.54. The van der Waals surface area contributed by atoms with Crippen LogP contribution in [-0.2, 0) is 11.2 Å². The number of nitrogens with one attached hydrogen (secondary N) is 1. The maximum atomic E-state index is 6.12. The quantitative estimate of drug-likeness (QED) is 0.877. The van der Waals surface area contributed by atoms with Crippen LogP contribution in [0.1, 0.15) is 50.1 Å². The maximum Gasteiger partial charge on any atom is 0.0934 e. The van der Waals surface area contributed by atoms with E-state index in [0.717, 1.165) is 17.5 Å². The molecule has 18 heavy (non-hydrogen) atoms. The molecular formula is C14H22ClNOS. The highest BCUT2D eigenvalue weighted by Crippen LogP contribution is 2.37. The second-order valence-electron chi connectivity index (χ2n) is 5.45. The Morgan fingerprint density at radius 3 is 3.06 bits per heavy atom.